The lowest BCUT2D eigenvalue weighted by Crippen LogP contribution is -1.93. The smallest absolute Gasteiger partial charge is 0.312 e. The quantitative estimate of drug-likeness (QED) is 0.600. The van der Waals surface area contributed by atoms with Crippen LogP contribution >= 0.6 is 27.5 Å². The van der Waals surface area contributed by atoms with Crippen LogP contribution in [0.4, 0.5) is 5.69 Å². The summed E-state index contributed by atoms with van der Waals surface area (Å²) in [5.74, 6) is 0.624. The molecule has 2 rings (SSSR count). The van der Waals surface area contributed by atoms with E-state index in [-0.39, 0.29) is 11.4 Å². The molecule has 92 valence electrons. The summed E-state index contributed by atoms with van der Waals surface area (Å²) < 4.78 is 6.08. The van der Waals surface area contributed by atoms with E-state index in [1.807, 2.05) is 0 Å². The van der Waals surface area contributed by atoms with Gasteiger partial charge in [0.05, 0.1) is 4.92 Å². The van der Waals surface area contributed by atoms with Gasteiger partial charge in [0, 0.05) is 15.6 Å². The number of hydrogen-bond donors (Lipinski definition) is 0. The number of benzene rings is 2. The third-order valence-corrected chi connectivity index (χ3v) is 2.87. The van der Waals surface area contributed by atoms with Gasteiger partial charge in [-0.05, 0) is 30.3 Å². The maximum atomic E-state index is 10.9. The minimum atomic E-state index is -0.495. The standard InChI is InChI=1S/C12H7BrClNO3/c13-8-4-5-12(11(6-8)15(16)17)18-10-3-1-2-9(14)7-10/h1-7H. The van der Waals surface area contributed by atoms with Crippen molar-refractivity contribution in [1.29, 1.82) is 0 Å². The van der Waals surface area contributed by atoms with Crippen LogP contribution in [0, 0.1) is 10.1 Å². The predicted molar refractivity (Wildman–Crippen MR) is 72.3 cm³/mol. The van der Waals surface area contributed by atoms with Crippen LogP contribution in [0.3, 0.4) is 0 Å². The highest BCUT2D eigenvalue weighted by Gasteiger charge is 2.16. The highest BCUT2D eigenvalue weighted by Crippen LogP contribution is 2.34. The fourth-order valence-electron chi connectivity index (χ4n) is 1.38. The molecule has 6 heteroatoms. The molecule has 0 aliphatic rings. The Labute approximate surface area is 116 Å². The summed E-state index contributed by atoms with van der Waals surface area (Å²) in [6, 6.07) is 11.3. The normalized spacial score (nSPS) is 10.1. The zero-order valence-electron chi connectivity index (χ0n) is 8.97. The van der Waals surface area contributed by atoms with Gasteiger partial charge in [-0.2, -0.15) is 0 Å². The van der Waals surface area contributed by atoms with Gasteiger partial charge >= 0.3 is 5.69 Å². The number of nitrogens with zero attached hydrogens (tertiary/aromatic N) is 1. The molecule has 0 bridgehead atoms. The lowest BCUT2D eigenvalue weighted by atomic mass is 10.3. The van der Waals surface area contributed by atoms with Crippen LogP contribution in [0.15, 0.2) is 46.9 Å². The summed E-state index contributed by atoms with van der Waals surface area (Å²) in [5, 5.41) is 11.4. The van der Waals surface area contributed by atoms with Crippen molar-refractivity contribution < 1.29 is 9.66 Å². The molecule has 0 N–H and O–H groups in total. The summed E-state index contributed by atoms with van der Waals surface area (Å²) in [6.07, 6.45) is 0. The van der Waals surface area contributed by atoms with Gasteiger partial charge in [0.1, 0.15) is 5.75 Å². The number of ether oxygens (including phenoxy) is 1. The first kappa shape index (κ1) is 12.9. The summed E-state index contributed by atoms with van der Waals surface area (Å²) >= 11 is 9.00. The first-order valence-electron chi connectivity index (χ1n) is 4.93. The Bertz CT molecular complexity index is 604. The Balaban J connectivity index is 2.37. The Morgan fingerprint density at radius 3 is 2.67 bits per heavy atom. The van der Waals surface area contributed by atoms with Crippen LogP contribution in [0.25, 0.3) is 0 Å². The van der Waals surface area contributed by atoms with Crippen molar-refractivity contribution in [2.45, 2.75) is 0 Å². The number of halogens is 2. The molecular weight excluding hydrogens is 321 g/mol. The number of hydrogen-bond acceptors (Lipinski definition) is 3. The summed E-state index contributed by atoms with van der Waals surface area (Å²) in [4.78, 5) is 10.4. The van der Waals surface area contributed by atoms with Gasteiger partial charge in [-0.25, -0.2) is 0 Å². The molecule has 2 aromatic carbocycles. The Morgan fingerprint density at radius 1 is 1.22 bits per heavy atom. The molecule has 0 saturated carbocycles. The largest absolute Gasteiger partial charge is 0.450 e. The summed E-state index contributed by atoms with van der Waals surface area (Å²) in [5.41, 5.74) is -0.107. The molecule has 0 saturated heterocycles. The molecule has 0 amide bonds. The van der Waals surface area contributed by atoms with Crippen molar-refractivity contribution in [1.82, 2.24) is 0 Å². The van der Waals surface area contributed by atoms with E-state index in [1.165, 1.54) is 12.1 Å². The minimum Gasteiger partial charge on any atom is -0.450 e. The van der Waals surface area contributed by atoms with Crippen LogP contribution in [-0.4, -0.2) is 4.92 Å². The maximum Gasteiger partial charge on any atom is 0.312 e. The predicted octanol–water partition coefficient (Wildman–Crippen LogP) is 4.80. The second-order valence-corrected chi connectivity index (χ2v) is 4.78. The van der Waals surface area contributed by atoms with E-state index in [0.717, 1.165) is 0 Å². The summed E-state index contributed by atoms with van der Waals surface area (Å²) in [6.45, 7) is 0. The summed E-state index contributed by atoms with van der Waals surface area (Å²) in [7, 11) is 0. The fraction of sp³-hybridized carbons (Fsp3) is 0. The van der Waals surface area contributed by atoms with E-state index in [0.29, 0.717) is 15.2 Å². The van der Waals surface area contributed by atoms with Crippen LogP contribution < -0.4 is 4.74 Å². The first-order valence-corrected chi connectivity index (χ1v) is 6.11. The van der Waals surface area contributed by atoms with E-state index in [2.05, 4.69) is 15.9 Å². The van der Waals surface area contributed by atoms with Gasteiger partial charge < -0.3 is 4.74 Å². The van der Waals surface area contributed by atoms with Crippen LogP contribution in [0.2, 0.25) is 5.02 Å². The maximum absolute atomic E-state index is 10.9. The Morgan fingerprint density at radius 2 is 2.00 bits per heavy atom. The molecule has 0 heterocycles. The molecule has 0 spiro atoms. The van der Waals surface area contributed by atoms with Gasteiger partial charge in [-0.15, -0.1) is 0 Å². The lowest BCUT2D eigenvalue weighted by Gasteiger charge is -2.06. The van der Waals surface area contributed by atoms with E-state index >= 15 is 0 Å². The van der Waals surface area contributed by atoms with Crippen LogP contribution in [0.1, 0.15) is 0 Å². The third-order valence-electron chi connectivity index (χ3n) is 2.14. The average Bonchev–Trinajstić information content (AvgIpc) is 2.31. The van der Waals surface area contributed by atoms with Gasteiger partial charge in [0.25, 0.3) is 0 Å². The zero-order chi connectivity index (χ0) is 13.1. The Hall–Kier alpha value is -1.59. The highest BCUT2D eigenvalue weighted by molar-refractivity contribution is 9.10. The third kappa shape index (κ3) is 3.00. The molecule has 0 aliphatic carbocycles. The van der Waals surface area contributed by atoms with Crippen molar-refractivity contribution >= 4 is 33.2 Å². The van der Waals surface area contributed by atoms with Crippen LogP contribution in [-0.2, 0) is 0 Å². The average molecular weight is 329 g/mol. The van der Waals surface area contributed by atoms with Gasteiger partial charge in [-0.1, -0.05) is 33.6 Å². The van der Waals surface area contributed by atoms with Crippen LogP contribution in [0.5, 0.6) is 11.5 Å². The molecule has 0 atom stereocenters. The molecule has 0 aromatic heterocycles. The molecule has 0 aliphatic heterocycles. The molecule has 4 nitrogen and oxygen atoms in total. The molecule has 0 radical (unpaired) electrons. The van der Waals surface area contributed by atoms with E-state index in [4.69, 9.17) is 16.3 Å². The molecule has 18 heavy (non-hydrogen) atoms. The van der Waals surface area contributed by atoms with Gasteiger partial charge in [-0.3, -0.25) is 10.1 Å². The Kier molecular flexibility index (Phi) is 3.84. The molecule has 0 unspecified atom stereocenters. The van der Waals surface area contributed by atoms with Crippen molar-refractivity contribution in [3.8, 4) is 11.5 Å². The topological polar surface area (TPSA) is 52.4 Å². The van der Waals surface area contributed by atoms with E-state index in [1.54, 1.807) is 30.3 Å². The zero-order valence-corrected chi connectivity index (χ0v) is 11.3. The monoisotopic (exact) mass is 327 g/mol. The van der Waals surface area contributed by atoms with Crippen molar-refractivity contribution in [2.75, 3.05) is 0 Å². The number of nitro groups is 1. The first-order chi connectivity index (χ1) is 8.56. The van der Waals surface area contributed by atoms with Gasteiger partial charge in [0.15, 0.2) is 0 Å². The minimum absolute atomic E-state index is 0.107. The second-order valence-electron chi connectivity index (χ2n) is 3.43. The van der Waals surface area contributed by atoms with Crippen molar-refractivity contribution in [2.24, 2.45) is 0 Å². The SMILES string of the molecule is O=[N+]([O-])c1cc(Br)ccc1Oc1cccc(Cl)c1. The van der Waals surface area contributed by atoms with Crippen molar-refractivity contribution in [3.63, 3.8) is 0 Å². The van der Waals surface area contributed by atoms with E-state index < -0.39 is 4.92 Å². The molecule has 2 aromatic rings. The fourth-order valence-corrected chi connectivity index (χ4v) is 1.91. The molecular formula is C12H7BrClNO3. The lowest BCUT2D eigenvalue weighted by molar-refractivity contribution is -0.385. The van der Waals surface area contributed by atoms with Gasteiger partial charge in [0.2, 0.25) is 5.75 Å². The van der Waals surface area contributed by atoms with Crippen molar-refractivity contribution in [3.05, 3.63) is 62.1 Å². The molecule has 0 fully saturated rings. The highest BCUT2D eigenvalue weighted by atomic mass is 79.9. The van der Waals surface area contributed by atoms with E-state index in [9.17, 15) is 10.1 Å². The number of nitro benzene ring substituents is 1. The second kappa shape index (κ2) is 5.37. The number of rotatable bonds is 3.